The molecule has 256 valence electrons. The van der Waals surface area contributed by atoms with Gasteiger partial charge in [0.1, 0.15) is 11.7 Å². The molecular formula is C36H47N7O5. The Balaban J connectivity index is 1.28. The van der Waals surface area contributed by atoms with E-state index in [1.54, 1.807) is 24.4 Å². The van der Waals surface area contributed by atoms with Crippen molar-refractivity contribution in [1.82, 2.24) is 36.0 Å². The standard InChI is InChI=1S/C36H47N7O5/c1-23(2)30(39-29(44)19-10-7-12-21-38-33(46)27-17-11-13-20-37-27)25(5)43-22-14-18-28(43)34(47)40-31(24(3)4)32(45)36-42-41-35(48-36)26-15-8-6-9-16-26/h6,8-9,11,13,15-17,20,23-24,28,30-31H,5,7,10,12,14,18-19,21-22H2,1-4H3,(H,38,46)(H,39,44)(H,40,47)/t28-,30?,31?/m0/s1. The minimum absolute atomic E-state index is 0.0360. The zero-order valence-electron chi connectivity index (χ0n) is 28.3. The van der Waals surface area contributed by atoms with Gasteiger partial charge in [-0.3, -0.25) is 24.2 Å². The minimum Gasteiger partial charge on any atom is -0.414 e. The molecule has 3 aromatic rings. The second-order valence-electron chi connectivity index (χ2n) is 12.8. The number of pyridine rings is 1. The first-order valence-electron chi connectivity index (χ1n) is 16.7. The van der Waals surface area contributed by atoms with E-state index in [9.17, 15) is 19.2 Å². The third-order valence-corrected chi connectivity index (χ3v) is 8.43. The zero-order valence-corrected chi connectivity index (χ0v) is 28.3. The van der Waals surface area contributed by atoms with Gasteiger partial charge in [0.05, 0.1) is 12.1 Å². The summed E-state index contributed by atoms with van der Waals surface area (Å²) in [7, 11) is 0. The Morgan fingerprint density at radius 3 is 2.33 bits per heavy atom. The second-order valence-corrected chi connectivity index (χ2v) is 12.8. The van der Waals surface area contributed by atoms with Crippen LogP contribution in [0.2, 0.25) is 0 Å². The Hall–Kier alpha value is -4.87. The van der Waals surface area contributed by atoms with Crippen LogP contribution in [-0.4, -0.2) is 74.8 Å². The van der Waals surface area contributed by atoms with E-state index in [0.29, 0.717) is 49.3 Å². The molecule has 0 radical (unpaired) electrons. The summed E-state index contributed by atoms with van der Waals surface area (Å²) in [4.78, 5) is 58.2. The number of ketones is 1. The van der Waals surface area contributed by atoms with E-state index >= 15 is 0 Å². The van der Waals surface area contributed by atoms with Crippen molar-refractivity contribution in [2.24, 2.45) is 11.8 Å². The first-order valence-corrected chi connectivity index (χ1v) is 16.7. The summed E-state index contributed by atoms with van der Waals surface area (Å²) >= 11 is 0. The highest BCUT2D eigenvalue weighted by atomic mass is 16.4. The van der Waals surface area contributed by atoms with Crippen molar-refractivity contribution in [3.63, 3.8) is 0 Å². The van der Waals surface area contributed by atoms with Crippen molar-refractivity contribution in [3.05, 3.63) is 78.6 Å². The van der Waals surface area contributed by atoms with Crippen LogP contribution in [0, 0.1) is 11.8 Å². The quantitative estimate of drug-likeness (QED) is 0.140. The lowest BCUT2D eigenvalue weighted by molar-refractivity contribution is -0.125. The minimum atomic E-state index is -0.860. The average Bonchev–Trinajstić information content (AvgIpc) is 3.79. The maximum Gasteiger partial charge on any atom is 0.286 e. The lowest BCUT2D eigenvalue weighted by Crippen LogP contribution is -2.53. The van der Waals surface area contributed by atoms with E-state index in [2.05, 4.69) is 37.7 Å². The van der Waals surface area contributed by atoms with E-state index in [-0.39, 0.29) is 47.4 Å². The summed E-state index contributed by atoms with van der Waals surface area (Å²) in [6.07, 6.45) is 5.50. The topological polar surface area (TPSA) is 159 Å². The molecule has 3 amide bonds. The van der Waals surface area contributed by atoms with Gasteiger partial charge in [0.2, 0.25) is 23.5 Å². The van der Waals surface area contributed by atoms with Gasteiger partial charge in [-0.15, -0.1) is 10.2 Å². The summed E-state index contributed by atoms with van der Waals surface area (Å²) < 4.78 is 5.69. The zero-order chi connectivity index (χ0) is 34.6. The van der Waals surface area contributed by atoms with Gasteiger partial charge in [-0.2, -0.15) is 0 Å². The van der Waals surface area contributed by atoms with Crippen molar-refractivity contribution >= 4 is 23.5 Å². The molecule has 3 heterocycles. The number of nitrogens with zero attached hydrogens (tertiary/aromatic N) is 4. The molecule has 3 atom stereocenters. The van der Waals surface area contributed by atoms with Gasteiger partial charge in [0.15, 0.2) is 0 Å². The van der Waals surface area contributed by atoms with Crippen LogP contribution in [-0.2, 0) is 9.59 Å². The fourth-order valence-corrected chi connectivity index (χ4v) is 5.76. The number of benzene rings is 1. The summed E-state index contributed by atoms with van der Waals surface area (Å²) in [5.74, 6) is -1.15. The lowest BCUT2D eigenvalue weighted by Gasteiger charge is -2.35. The Bertz CT molecular complexity index is 1540. The van der Waals surface area contributed by atoms with Crippen LogP contribution in [0.4, 0.5) is 0 Å². The molecule has 0 aliphatic carbocycles. The van der Waals surface area contributed by atoms with Gasteiger partial charge in [0, 0.05) is 37.0 Å². The Morgan fingerprint density at radius 1 is 0.917 bits per heavy atom. The maximum absolute atomic E-state index is 13.7. The van der Waals surface area contributed by atoms with Crippen LogP contribution in [0.5, 0.6) is 0 Å². The number of unbranched alkanes of at least 4 members (excludes halogenated alkanes) is 2. The number of amides is 3. The van der Waals surface area contributed by atoms with Gasteiger partial charge in [-0.1, -0.05) is 65.0 Å². The largest absolute Gasteiger partial charge is 0.414 e. The molecule has 1 aliphatic rings. The predicted molar refractivity (Wildman–Crippen MR) is 182 cm³/mol. The second kappa shape index (κ2) is 17.3. The van der Waals surface area contributed by atoms with Crippen LogP contribution in [0.25, 0.3) is 11.5 Å². The third-order valence-electron chi connectivity index (χ3n) is 8.43. The number of carbonyl (C=O) groups is 4. The molecule has 48 heavy (non-hydrogen) atoms. The highest BCUT2D eigenvalue weighted by Crippen LogP contribution is 2.27. The molecule has 0 saturated carbocycles. The average molecular weight is 658 g/mol. The summed E-state index contributed by atoms with van der Waals surface area (Å²) in [6.45, 7) is 13.2. The monoisotopic (exact) mass is 657 g/mol. The van der Waals surface area contributed by atoms with Crippen molar-refractivity contribution in [2.75, 3.05) is 13.1 Å². The Labute approximate surface area is 282 Å². The molecule has 12 nitrogen and oxygen atoms in total. The fourth-order valence-electron chi connectivity index (χ4n) is 5.76. The molecule has 3 N–H and O–H groups in total. The van der Waals surface area contributed by atoms with Crippen molar-refractivity contribution in [1.29, 1.82) is 0 Å². The van der Waals surface area contributed by atoms with Crippen molar-refractivity contribution < 1.29 is 23.6 Å². The number of aromatic nitrogens is 3. The highest BCUT2D eigenvalue weighted by molar-refractivity contribution is 5.99. The molecule has 0 spiro atoms. The molecule has 0 bridgehead atoms. The molecule has 2 aromatic heterocycles. The van der Waals surface area contributed by atoms with Crippen LogP contribution < -0.4 is 16.0 Å². The Morgan fingerprint density at radius 2 is 1.65 bits per heavy atom. The molecule has 4 rings (SSSR count). The summed E-state index contributed by atoms with van der Waals surface area (Å²) in [5.41, 5.74) is 1.75. The maximum atomic E-state index is 13.7. The van der Waals surface area contributed by atoms with Gasteiger partial charge >= 0.3 is 0 Å². The van der Waals surface area contributed by atoms with Crippen LogP contribution >= 0.6 is 0 Å². The van der Waals surface area contributed by atoms with Crippen LogP contribution in [0.1, 0.15) is 87.4 Å². The lowest BCUT2D eigenvalue weighted by atomic mass is 9.98. The first kappa shape index (κ1) is 36.0. The molecular weight excluding hydrogens is 610 g/mol. The third kappa shape index (κ3) is 9.58. The summed E-state index contributed by atoms with van der Waals surface area (Å²) in [5, 5.41) is 16.9. The van der Waals surface area contributed by atoms with Gasteiger partial charge in [-0.25, -0.2) is 0 Å². The van der Waals surface area contributed by atoms with Crippen LogP contribution in [0.15, 0.2) is 71.4 Å². The van der Waals surface area contributed by atoms with Gasteiger partial charge in [0.25, 0.3) is 11.8 Å². The molecule has 1 aliphatic heterocycles. The number of hydrogen-bond acceptors (Lipinski definition) is 9. The van der Waals surface area contributed by atoms with Crippen LogP contribution in [0.3, 0.4) is 0 Å². The Kier molecular flexibility index (Phi) is 13.0. The number of nitrogens with one attached hydrogen (secondary N) is 3. The van der Waals surface area contributed by atoms with E-state index in [0.717, 1.165) is 19.3 Å². The molecule has 2 unspecified atom stereocenters. The SMILES string of the molecule is C=C(C(NC(=O)CCCCCNC(=O)c1ccccn1)C(C)C)N1CCC[C@H]1C(=O)NC(C(=O)c1nnc(-c2ccccc2)o1)C(C)C. The number of carbonyl (C=O) groups excluding carboxylic acids is 4. The predicted octanol–water partition coefficient (Wildman–Crippen LogP) is 4.56. The normalized spacial score (nSPS) is 15.6. The smallest absolute Gasteiger partial charge is 0.286 e. The van der Waals surface area contributed by atoms with E-state index in [1.165, 1.54) is 0 Å². The van der Waals surface area contributed by atoms with Gasteiger partial charge in [-0.05, 0) is 61.8 Å². The summed E-state index contributed by atoms with van der Waals surface area (Å²) in [6, 6.07) is 12.6. The van der Waals surface area contributed by atoms with Gasteiger partial charge < -0.3 is 25.3 Å². The molecule has 1 aromatic carbocycles. The number of Topliss-reactive ketones (excluding diaryl/α,β-unsaturated/α-hetero) is 1. The number of rotatable bonds is 17. The molecule has 1 fully saturated rings. The van der Waals surface area contributed by atoms with Crippen molar-refractivity contribution in [3.8, 4) is 11.5 Å². The number of likely N-dealkylation sites (tertiary alicyclic amines) is 1. The first-order chi connectivity index (χ1) is 23.1. The van der Waals surface area contributed by atoms with Crippen molar-refractivity contribution in [2.45, 2.75) is 84.3 Å². The fraction of sp³-hybridized carbons (Fsp3) is 0.472. The molecule has 12 heteroatoms. The van der Waals surface area contributed by atoms with E-state index < -0.39 is 17.9 Å². The van der Waals surface area contributed by atoms with E-state index in [1.807, 2.05) is 62.9 Å². The molecule has 1 saturated heterocycles. The number of hydrogen-bond donors (Lipinski definition) is 3. The van der Waals surface area contributed by atoms with E-state index in [4.69, 9.17) is 4.42 Å². The highest BCUT2D eigenvalue weighted by Gasteiger charge is 2.38.